The van der Waals surface area contributed by atoms with Crippen LogP contribution < -0.4 is 0 Å². The molecule has 0 spiro atoms. The van der Waals surface area contributed by atoms with Gasteiger partial charge in [-0.25, -0.2) is 0 Å². The van der Waals surface area contributed by atoms with Crippen LogP contribution in [0.5, 0.6) is 0 Å². The van der Waals surface area contributed by atoms with Crippen LogP contribution in [-0.4, -0.2) is 9.78 Å². The standard InChI is InChI=1S/C16H20N2S/c1-12-6-8-13(9-7-12)11-18-16(19)10-15(17-18)14-4-2-3-5-14/h6-10,14,17H,2-5,11H2,1H3. The molecule has 1 aliphatic carbocycles. The molecular formula is C16H20N2S. The minimum absolute atomic E-state index is 0.695. The molecule has 0 radical (unpaired) electrons. The largest absolute Gasteiger partial charge is 0.301 e. The van der Waals surface area contributed by atoms with E-state index in [1.165, 1.54) is 42.5 Å². The summed E-state index contributed by atoms with van der Waals surface area (Å²) in [4.78, 5) is 0. The van der Waals surface area contributed by atoms with E-state index in [2.05, 4.69) is 47.0 Å². The summed E-state index contributed by atoms with van der Waals surface area (Å²) in [5.41, 5.74) is 3.92. The molecule has 1 aromatic carbocycles. The number of aryl methyl sites for hydroxylation is 1. The summed E-state index contributed by atoms with van der Waals surface area (Å²) in [6, 6.07) is 10.8. The Morgan fingerprint density at radius 1 is 1.21 bits per heavy atom. The van der Waals surface area contributed by atoms with Crippen LogP contribution in [0, 0.1) is 11.6 Å². The summed E-state index contributed by atoms with van der Waals surface area (Å²) >= 11 is 5.46. The van der Waals surface area contributed by atoms with Crippen LogP contribution in [0.4, 0.5) is 0 Å². The molecule has 0 amide bonds. The fourth-order valence-electron chi connectivity index (χ4n) is 2.89. The van der Waals surface area contributed by atoms with Crippen molar-refractivity contribution in [3.8, 4) is 0 Å². The van der Waals surface area contributed by atoms with Crippen molar-refractivity contribution in [3.63, 3.8) is 0 Å². The van der Waals surface area contributed by atoms with E-state index in [1.54, 1.807) is 0 Å². The van der Waals surface area contributed by atoms with E-state index in [4.69, 9.17) is 12.2 Å². The van der Waals surface area contributed by atoms with Crippen molar-refractivity contribution in [1.29, 1.82) is 0 Å². The van der Waals surface area contributed by atoms with Gasteiger partial charge in [0, 0.05) is 11.6 Å². The molecule has 3 heteroatoms. The smallest absolute Gasteiger partial charge is 0.122 e. The molecule has 0 unspecified atom stereocenters. The molecule has 1 saturated carbocycles. The number of rotatable bonds is 3. The molecule has 19 heavy (non-hydrogen) atoms. The first-order valence-corrected chi connectivity index (χ1v) is 7.48. The minimum atomic E-state index is 0.695. The zero-order valence-electron chi connectivity index (χ0n) is 11.4. The van der Waals surface area contributed by atoms with Crippen LogP contribution >= 0.6 is 12.2 Å². The van der Waals surface area contributed by atoms with Gasteiger partial charge in [0.05, 0.1) is 6.54 Å². The molecule has 1 fully saturated rings. The maximum atomic E-state index is 5.46. The zero-order valence-corrected chi connectivity index (χ0v) is 12.2. The summed E-state index contributed by atoms with van der Waals surface area (Å²) in [5.74, 6) is 0.695. The summed E-state index contributed by atoms with van der Waals surface area (Å²) in [7, 11) is 0. The average Bonchev–Trinajstić information content (AvgIpc) is 3.03. The zero-order chi connectivity index (χ0) is 13.2. The fourth-order valence-corrected chi connectivity index (χ4v) is 3.13. The van der Waals surface area contributed by atoms with E-state index in [0.717, 1.165) is 11.2 Å². The summed E-state index contributed by atoms with van der Waals surface area (Å²) in [6.07, 6.45) is 5.32. The molecule has 0 bridgehead atoms. The Balaban J connectivity index is 1.81. The molecule has 2 nitrogen and oxygen atoms in total. The second kappa shape index (κ2) is 5.33. The van der Waals surface area contributed by atoms with Gasteiger partial charge < -0.3 is 5.10 Å². The van der Waals surface area contributed by atoms with Gasteiger partial charge in [-0.05, 0) is 31.4 Å². The van der Waals surface area contributed by atoms with Gasteiger partial charge in [0.25, 0.3) is 0 Å². The van der Waals surface area contributed by atoms with Crippen molar-refractivity contribution < 1.29 is 0 Å². The van der Waals surface area contributed by atoms with E-state index in [9.17, 15) is 0 Å². The lowest BCUT2D eigenvalue weighted by molar-refractivity contribution is 0.625. The van der Waals surface area contributed by atoms with E-state index >= 15 is 0 Å². The molecule has 100 valence electrons. The van der Waals surface area contributed by atoms with Gasteiger partial charge in [-0.1, -0.05) is 54.9 Å². The first-order chi connectivity index (χ1) is 9.22. The first-order valence-electron chi connectivity index (χ1n) is 7.08. The molecule has 3 rings (SSSR count). The highest BCUT2D eigenvalue weighted by Crippen LogP contribution is 2.33. The van der Waals surface area contributed by atoms with E-state index < -0.39 is 0 Å². The maximum absolute atomic E-state index is 5.46. The van der Waals surface area contributed by atoms with Gasteiger partial charge in [0.15, 0.2) is 0 Å². The Morgan fingerprint density at radius 3 is 2.58 bits per heavy atom. The average molecular weight is 272 g/mol. The third kappa shape index (κ3) is 2.81. The second-order valence-electron chi connectivity index (χ2n) is 5.60. The highest BCUT2D eigenvalue weighted by molar-refractivity contribution is 7.71. The van der Waals surface area contributed by atoms with Gasteiger partial charge >= 0.3 is 0 Å². The highest BCUT2D eigenvalue weighted by Gasteiger charge is 2.18. The minimum Gasteiger partial charge on any atom is -0.301 e. The van der Waals surface area contributed by atoms with Crippen LogP contribution in [0.1, 0.15) is 48.4 Å². The number of aromatic amines is 1. The predicted octanol–water partition coefficient (Wildman–Crippen LogP) is 4.56. The lowest BCUT2D eigenvalue weighted by atomic mass is 10.1. The van der Waals surface area contributed by atoms with Gasteiger partial charge in [-0.2, -0.15) is 0 Å². The van der Waals surface area contributed by atoms with Crippen molar-refractivity contribution in [2.75, 3.05) is 0 Å². The van der Waals surface area contributed by atoms with Gasteiger partial charge in [-0.15, -0.1) is 0 Å². The fraction of sp³-hybridized carbons (Fsp3) is 0.438. The van der Waals surface area contributed by atoms with Crippen LogP contribution in [0.25, 0.3) is 0 Å². The van der Waals surface area contributed by atoms with Gasteiger partial charge in [-0.3, -0.25) is 4.68 Å². The number of nitrogens with one attached hydrogen (secondary N) is 1. The van der Waals surface area contributed by atoms with Crippen molar-refractivity contribution in [1.82, 2.24) is 9.78 Å². The number of benzene rings is 1. The lowest BCUT2D eigenvalue weighted by Gasteiger charge is -2.07. The molecule has 0 atom stereocenters. The lowest BCUT2D eigenvalue weighted by Crippen LogP contribution is -2.03. The Hall–Kier alpha value is -1.35. The summed E-state index contributed by atoms with van der Waals surface area (Å²) in [5, 5.41) is 3.50. The van der Waals surface area contributed by atoms with Crippen molar-refractivity contribution in [3.05, 3.63) is 51.8 Å². The maximum Gasteiger partial charge on any atom is 0.122 e. The molecule has 0 saturated heterocycles. The Kier molecular flexibility index (Phi) is 3.56. The normalized spacial score (nSPS) is 16.1. The van der Waals surface area contributed by atoms with Crippen molar-refractivity contribution >= 4 is 12.2 Å². The number of nitrogens with zero attached hydrogens (tertiary/aromatic N) is 1. The van der Waals surface area contributed by atoms with Crippen molar-refractivity contribution in [2.24, 2.45) is 0 Å². The number of hydrogen-bond donors (Lipinski definition) is 1. The molecule has 0 aliphatic heterocycles. The third-order valence-corrected chi connectivity index (χ3v) is 4.40. The Bertz CT molecular complexity index is 600. The van der Waals surface area contributed by atoms with Crippen LogP contribution in [0.3, 0.4) is 0 Å². The SMILES string of the molecule is Cc1ccc(Cn2[nH]c(C3CCCC3)cc2=S)cc1. The number of hydrogen-bond acceptors (Lipinski definition) is 1. The predicted molar refractivity (Wildman–Crippen MR) is 81.1 cm³/mol. The Morgan fingerprint density at radius 2 is 1.89 bits per heavy atom. The topological polar surface area (TPSA) is 20.7 Å². The molecule has 1 N–H and O–H groups in total. The summed E-state index contributed by atoms with van der Waals surface area (Å²) in [6.45, 7) is 2.95. The number of H-pyrrole nitrogens is 1. The first kappa shape index (κ1) is 12.7. The van der Waals surface area contributed by atoms with E-state index in [-0.39, 0.29) is 0 Å². The van der Waals surface area contributed by atoms with Gasteiger partial charge in [0.1, 0.15) is 4.64 Å². The number of aromatic nitrogens is 2. The summed E-state index contributed by atoms with van der Waals surface area (Å²) < 4.78 is 3.01. The van der Waals surface area contributed by atoms with Crippen LogP contribution in [0.15, 0.2) is 30.3 Å². The second-order valence-corrected chi connectivity index (χ2v) is 6.02. The highest BCUT2D eigenvalue weighted by atomic mass is 32.1. The van der Waals surface area contributed by atoms with Crippen molar-refractivity contribution in [2.45, 2.75) is 45.1 Å². The third-order valence-electron chi connectivity index (χ3n) is 4.07. The Labute approximate surface area is 119 Å². The van der Waals surface area contributed by atoms with Gasteiger partial charge in [0.2, 0.25) is 0 Å². The molecule has 2 aromatic rings. The molecule has 1 aliphatic rings. The monoisotopic (exact) mass is 272 g/mol. The molecule has 1 aromatic heterocycles. The van der Waals surface area contributed by atoms with Crippen LogP contribution in [0.2, 0.25) is 0 Å². The van der Waals surface area contributed by atoms with Crippen LogP contribution in [-0.2, 0) is 6.54 Å². The van der Waals surface area contributed by atoms with E-state index in [0.29, 0.717) is 5.92 Å². The molecule has 1 heterocycles. The quantitative estimate of drug-likeness (QED) is 0.812. The molecular weight excluding hydrogens is 252 g/mol. The van der Waals surface area contributed by atoms with E-state index in [1.807, 2.05) is 0 Å².